The van der Waals surface area contributed by atoms with Crippen LogP contribution in [0.3, 0.4) is 0 Å². The minimum Gasteiger partial charge on any atom is -0.292 e. The Morgan fingerprint density at radius 2 is 2.00 bits per heavy atom. The molecule has 0 atom stereocenters. The van der Waals surface area contributed by atoms with Gasteiger partial charge in [-0.25, -0.2) is 0 Å². The molecule has 1 heterocycles. The lowest BCUT2D eigenvalue weighted by Crippen LogP contribution is -2.29. The van der Waals surface area contributed by atoms with Crippen LogP contribution in [0.1, 0.15) is 19.3 Å². The summed E-state index contributed by atoms with van der Waals surface area (Å²) >= 11 is 5.33. The molecule has 1 saturated heterocycles. The lowest BCUT2D eigenvalue weighted by atomic mass is 10.1. The zero-order chi connectivity index (χ0) is 8.65. The Morgan fingerprint density at radius 3 is 2.67 bits per heavy atom. The van der Waals surface area contributed by atoms with Crippen LogP contribution in [-0.4, -0.2) is 24.5 Å². The second-order valence-corrected chi connectivity index (χ2v) is 3.20. The van der Waals surface area contributed by atoms with Gasteiger partial charge in [0.2, 0.25) is 0 Å². The number of allylic oxidation sites excluding steroid dienone is 1. The molecule has 0 amide bonds. The Morgan fingerprint density at radius 1 is 1.25 bits per heavy atom. The largest absolute Gasteiger partial charge is 0.292 e. The molecular weight excluding hydrogens is 170 g/mol. The van der Waals surface area contributed by atoms with Gasteiger partial charge < -0.3 is 0 Å². The first kappa shape index (κ1) is 9.64. The Balaban J connectivity index is 2.18. The molecule has 12 heavy (non-hydrogen) atoms. The Kier molecular flexibility index (Phi) is 4.91. The summed E-state index contributed by atoms with van der Waals surface area (Å²) in [6, 6.07) is 0. The van der Waals surface area contributed by atoms with Crippen molar-refractivity contribution in [2.45, 2.75) is 19.3 Å². The Bertz CT molecular complexity index is 194. The average molecular weight is 184 g/mol. The second-order valence-electron chi connectivity index (χ2n) is 2.95. The molecule has 2 heteroatoms. The SMILES string of the molecule is Cl/C=C/C#CCN1CCCCC1. The van der Waals surface area contributed by atoms with E-state index in [-0.39, 0.29) is 0 Å². The predicted molar refractivity (Wildman–Crippen MR) is 53.1 cm³/mol. The summed E-state index contributed by atoms with van der Waals surface area (Å²) in [7, 11) is 0. The highest BCUT2D eigenvalue weighted by Crippen LogP contribution is 2.06. The smallest absolute Gasteiger partial charge is 0.0605 e. The minimum absolute atomic E-state index is 0.890. The van der Waals surface area contributed by atoms with Crippen LogP contribution in [0.5, 0.6) is 0 Å². The molecule has 0 aliphatic carbocycles. The van der Waals surface area contributed by atoms with Gasteiger partial charge in [0.25, 0.3) is 0 Å². The zero-order valence-electron chi connectivity index (χ0n) is 7.22. The van der Waals surface area contributed by atoms with E-state index in [1.807, 2.05) is 0 Å². The standard InChI is InChI=1S/C10H14ClN/c11-7-3-1-4-8-12-9-5-2-6-10-12/h3,7H,2,5-6,8-10H2/b7-3+. The molecular formula is C10H14ClN. The van der Waals surface area contributed by atoms with Gasteiger partial charge in [-0.1, -0.05) is 29.9 Å². The Labute approximate surface area is 79.4 Å². The average Bonchev–Trinajstić information content (AvgIpc) is 2.14. The summed E-state index contributed by atoms with van der Waals surface area (Å²) < 4.78 is 0. The van der Waals surface area contributed by atoms with Gasteiger partial charge in [-0.05, 0) is 32.0 Å². The summed E-state index contributed by atoms with van der Waals surface area (Å²) in [6.07, 6.45) is 5.71. The lowest BCUT2D eigenvalue weighted by Gasteiger charge is -2.23. The second kappa shape index (κ2) is 6.11. The van der Waals surface area contributed by atoms with Crippen LogP contribution in [0.15, 0.2) is 11.6 Å². The molecule has 0 N–H and O–H groups in total. The first-order valence-electron chi connectivity index (χ1n) is 4.39. The van der Waals surface area contributed by atoms with Crippen LogP contribution in [0.25, 0.3) is 0 Å². The van der Waals surface area contributed by atoms with Crippen LogP contribution in [-0.2, 0) is 0 Å². The van der Waals surface area contributed by atoms with Crippen LogP contribution in [0.4, 0.5) is 0 Å². The molecule has 0 aromatic carbocycles. The molecule has 1 rings (SSSR count). The maximum absolute atomic E-state index is 5.33. The van der Waals surface area contributed by atoms with Gasteiger partial charge in [0, 0.05) is 5.54 Å². The van der Waals surface area contributed by atoms with E-state index in [4.69, 9.17) is 11.6 Å². The van der Waals surface area contributed by atoms with Crippen molar-refractivity contribution in [3.8, 4) is 11.8 Å². The summed E-state index contributed by atoms with van der Waals surface area (Å²) in [5.74, 6) is 5.94. The van der Waals surface area contributed by atoms with E-state index in [9.17, 15) is 0 Å². The molecule has 1 fully saturated rings. The number of likely N-dealkylation sites (tertiary alicyclic amines) is 1. The molecule has 0 radical (unpaired) electrons. The first-order valence-corrected chi connectivity index (χ1v) is 4.83. The number of rotatable bonds is 1. The highest BCUT2D eigenvalue weighted by Gasteiger charge is 2.06. The van der Waals surface area contributed by atoms with Gasteiger partial charge in [0.15, 0.2) is 0 Å². The first-order chi connectivity index (χ1) is 5.93. The monoisotopic (exact) mass is 183 g/mol. The van der Waals surface area contributed by atoms with Crippen LogP contribution >= 0.6 is 11.6 Å². The number of piperidine rings is 1. The third-order valence-corrected chi connectivity index (χ3v) is 2.13. The van der Waals surface area contributed by atoms with E-state index < -0.39 is 0 Å². The molecule has 0 bridgehead atoms. The van der Waals surface area contributed by atoms with Crippen molar-refractivity contribution in [3.63, 3.8) is 0 Å². The minimum atomic E-state index is 0.890. The molecule has 0 aromatic rings. The normalized spacial score (nSPS) is 19.1. The van der Waals surface area contributed by atoms with Crippen molar-refractivity contribution < 1.29 is 0 Å². The molecule has 1 aliphatic rings. The van der Waals surface area contributed by atoms with E-state index in [2.05, 4.69) is 16.7 Å². The number of hydrogen-bond acceptors (Lipinski definition) is 1. The number of hydrogen-bond donors (Lipinski definition) is 0. The zero-order valence-corrected chi connectivity index (χ0v) is 7.98. The maximum atomic E-state index is 5.33. The van der Waals surface area contributed by atoms with Crippen LogP contribution in [0, 0.1) is 11.8 Å². The van der Waals surface area contributed by atoms with Gasteiger partial charge in [-0.2, -0.15) is 0 Å². The topological polar surface area (TPSA) is 3.24 Å². The predicted octanol–water partition coefficient (Wildman–Crippen LogP) is 2.23. The lowest BCUT2D eigenvalue weighted by molar-refractivity contribution is 0.255. The molecule has 0 aromatic heterocycles. The maximum Gasteiger partial charge on any atom is 0.0605 e. The van der Waals surface area contributed by atoms with Gasteiger partial charge in [-0.3, -0.25) is 4.90 Å². The third-order valence-electron chi connectivity index (χ3n) is 2.00. The quantitative estimate of drug-likeness (QED) is 0.564. The Hall–Kier alpha value is -0.450. The molecule has 0 spiro atoms. The van der Waals surface area contributed by atoms with Crippen molar-refractivity contribution in [2.75, 3.05) is 19.6 Å². The van der Waals surface area contributed by atoms with Gasteiger partial charge >= 0.3 is 0 Å². The van der Waals surface area contributed by atoms with Crippen molar-refractivity contribution in [3.05, 3.63) is 11.6 Å². The van der Waals surface area contributed by atoms with Crippen LogP contribution < -0.4 is 0 Å². The third kappa shape index (κ3) is 3.80. The fourth-order valence-electron chi connectivity index (χ4n) is 1.37. The van der Waals surface area contributed by atoms with E-state index >= 15 is 0 Å². The highest BCUT2D eigenvalue weighted by molar-refractivity contribution is 6.25. The van der Waals surface area contributed by atoms with Gasteiger partial charge in [0.1, 0.15) is 0 Å². The number of halogens is 1. The molecule has 1 nitrogen and oxygen atoms in total. The number of nitrogens with zero attached hydrogens (tertiary/aromatic N) is 1. The molecule has 0 unspecified atom stereocenters. The fraction of sp³-hybridized carbons (Fsp3) is 0.600. The molecule has 0 saturated carbocycles. The van der Waals surface area contributed by atoms with Gasteiger partial charge in [-0.15, -0.1) is 0 Å². The highest BCUT2D eigenvalue weighted by atomic mass is 35.5. The molecule has 66 valence electrons. The van der Waals surface area contributed by atoms with Crippen molar-refractivity contribution in [1.82, 2.24) is 4.90 Å². The molecule has 1 aliphatic heterocycles. The van der Waals surface area contributed by atoms with Gasteiger partial charge in [0.05, 0.1) is 6.54 Å². The summed E-state index contributed by atoms with van der Waals surface area (Å²) in [6.45, 7) is 3.31. The van der Waals surface area contributed by atoms with E-state index in [1.54, 1.807) is 6.08 Å². The summed E-state index contributed by atoms with van der Waals surface area (Å²) in [4.78, 5) is 2.39. The van der Waals surface area contributed by atoms with Crippen LogP contribution in [0.2, 0.25) is 0 Å². The fourth-order valence-corrected chi connectivity index (χ4v) is 1.43. The summed E-state index contributed by atoms with van der Waals surface area (Å²) in [5.41, 5.74) is 1.45. The van der Waals surface area contributed by atoms with E-state index in [0.29, 0.717) is 0 Å². The van der Waals surface area contributed by atoms with Crippen molar-refractivity contribution in [2.24, 2.45) is 0 Å². The van der Waals surface area contributed by atoms with Crippen molar-refractivity contribution in [1.29, 1.82) is 0 Å². The van der Waals surface area contributed by atoms with E-state index in [1.165, 1.54) is 37.9 Å². The van der Waals surface area contributed by atoms with Crippen molar-refractivity contribution >= 4 is 11.6 Å². The summed E-state index contributed by atoms with van der Waals surface area (Å²) in [5, 5.41) is 0. The van der Waals surface area contributed by atoms with E-state index in [0.717, 1.165) is 6.54 Å².